The monoisotopic (exact) mass is 1450 g/mol. The zero-order chi connectivity index (χ0) is 75.9. The Bertz CT molecular complexity index is 6480. The van der Waals surface area contributed by atoms with Crippen LogP contribution in [0, 0.1) is 0 Å². The molecule has 114 heavy (non-hydrogen) atoms. The number of allylic oxidation sites excluding steroid dienone is 12. The Morgan fingerprint density at radius 2 is 0.632 bits per heavy atom. The molecule has 0 saturated heterocycles. The van der Waals surface area contributed by atoms with E-state index in [9.17, 15) is 0 Å². The molecule has 534 valence electrons. The van der Waals surface area contributed by atoms with Gasteiger partial charge in [-0.25, -0.2) is 0 Å². The highest BCUT2D eigenvalue weighted by molar-refractivity contribution is 6.85. The molecule has 0 spiro atoms. The summed E-state index contributed by atoms with van der Waals surface area (Å²) in [5, 5.41) is 21.1. The van der Waals surface area contributed by atoms with Crippen molar-refractivity contribution in [2.75, 3.05) is 4.81 Å². The molecule has 0 aromatic heterocycles. The lowest BCUT2D eigenvalue weighted by Gasteiger charge is -2.30. The molecule has 14 heterocycles. The first-order valence-electron chi connectivity index (χ1n) is 39.6. The lowest BCUT2D eigenvalue weighted by molar-refractivity contribution is 0.797. The highest BCUT2D eigenvalue weighted by Crippen LogP contribution is 2.29. The first kappa shape index (κ1) is 70.4. The van der Waals surface area contributed by atoms with Gasteiger partial charge in [0.1, 0.15) is 0 Å². The first-order chi connectivity index (χ1) is 56.5. The van der Waals surface area contributed by atoms with Crippen molar-refractivity contribution < 1.29 is 0 Å². The van der Waals surface area contributed by atoms with Gasteiger partial charge in [-0.3, -0.25) is 0 Å². The van der Waals surface area contributed by atoms with Crippen molar-refractivity contribution in [3.05, 3.63) is 464 Å². The molecule has 0 saturated carbocycles. The molecule has 11 aromatic carbocycles. The normalized spacial score (nSPS) is 16.2. The Morgan fingerprint density at radius 1 is 0.211 bits per heavy atom. The van der Waals surface area contributed by atoms with Gasteiger partial charge < -0.3 is 33.7 Å². The number of nitrogens with zero attached hydrogens (tertiary/aromatic N) is 7. The molecule has 7 nitrogen and oxygen atoms in total. The van der Waals surface area contributed by atoms with Crippen LogP contribution in [-0.4, -0.2) is 76.8 Å². The summed E-state index contributed by atoms with van der Waals surface area (Å²) < 4.78 is 0. The Kier molecular flexibility index (Phi) is 19.9. The molecule has 14 aliphatic rings. The van der Waals surface area contributed by atoms with Crippen molar-refractivity contribution in [1.82, 2.24) is 28.9 Å². The highest BCUT2D eigenvalue weighted by atomic mass is 15.1. The summed E-state index contributed by atoms with van der Waals surface area (Å²) >= 11 is 0. The van der Waals surface area contributed by atoms with E-state index >= 15 is 0 Å². The topological polar surface area (TPSA) is 22.7 Å². The van der Waals surface area contributed by atoms with E-state index in [1.165, 1.54) is 118 Å². The summed E-state index contributed by atoms with van der Waals surface area (Å²) in [5.74, 6) is 27.1. The fourth-order valence-electron chi connectivity index (χ4n) is 16.8. The minimum atomic E-state index is 0.334. The standard InChI is InChI=1S/4C16H12BN.3C12H10BN/c1-2-7-15-12-18-10-9-13-5-3-4-8-16(13)17(18)11-14(15)6-1;1-2-6-15-13(5-1)7-8-14-12-18-10-4-3-9-17(18)11-16(14)15;1-2-6-15-13(5-1)7-8-14-11-17-9-3-4-10-18(17)12-16(14)15;1-2-6-14-10-16-12-18-8-4-3-7-17(18)11-15(16)9-13(14)5-1;1-2-6-12-11(5-1)7-9-13-8-3-4-10-14(12)13;1-2-6-12-11(5-1)7-10-14-9-4-3-8-13(12)14;1-2-6-12-10-14-8-4-3-7-13(14)9-11(12)5-1/h4*1-12H;3*1-10H. The number of fused-ring (bicyclic) bond motifs is 23. The second-order valence-electron chi connectivity index (χ2n) is 29.7. The van der Waals surface area contributed by atoms with Crippen molar-refractivity contribution >= 4 is 176 Å². The van der Waals surface area contributed by atoms with Crippen LogP contribution in [0.5, 0.6) is 0 Å². The molecule has 11 aromatic rings. The van der Waals surface area contributed by atoms with Crippen LogP contribution >= 0.6 is 0 Å². The second kappa shape index (κ2) is 32.2. The Balaban J connectivity index is 0.0000000894. The largest absolute Gasteiger partial charge is 0.390 e. The average Bonchev–Trinajstić information content (AvgIpc) is 0.784. The molecular weight excluding hydrogens is 1370 g/mol. The van der Waals surface area contributed by atoms with Gasteiger partial charge in [0.05, 0.1) is 0 Å². The van der Waals surface area contributed by atoms with Crippen LogP contribution in [0.2, 0.25) is 0 Å². The Morgan fingerprint density at radius 3 is 1.27 bits per heavy atom. The van der Waals surface area contributed by atoms with Gasteiger partial charge in [-0.15, -0.1) is 0 Å². The van der Waals surface area contributed by atoms with Gasteiger partial charge in [0.25, 0.3) is 0 Å². The van der Waals surface area contributed by atoms with Gasteiger partial charge in [0, 0.05) is 10.9 Å². The summed E-state index contributed by atoms with van der Waals surface area (Å²) in [6.07, 6.45) is 59.8. The van der Waals surface area contributed by atoms with Crippen LogP contribution < -0.4 is 67.9 Å². The third-order valence-electron chi connectivity index (χ3n) is 22.7. The molecule has 0 fully saturated rings. The molecule has 0 unspecified atom stereocenters. The number of hydrogen-bond acceptors (Lipinski definition) is 7. The highest BCUT2D eigenvalue weighted by Gasteiger charge is 2.29. The Hall–Kier alpha value is -13.9. The van der Waals surface area contributed by atoms with Crippen molar-refractivity contribution in [3.63, 3.8) is 0 Å². The molecule has 25 rings (SSSR count). The average molecular weight is 1450 g/mol. The maximum absolute atomic E-state index is 2.34. The third-order valence-corrected chi connectivity index (χ3v) is 22.7. The molecular formula is C100H78B7N7. The number of para-hydroxylation sites is 1. The predicted molar refractivity (Wildman–Crippen MR) is 495 cm³/mol. The molecule has 0 atom stereocenters. The summed E-state index contributed by atoms with van der Waals surface area (Å²) in [7, 11) is 0. The number of rotatable bonds is 0. The smallest absolute Gasteiger partial charge is 0.320 e. The van der Waals surface area contributed by atoms with Crippen LogP contribution in [-0.2, 0) is 0 Å². The van der Waals surface area contributed by atoms with E-state index in [2.05, 4.69) is 508 Å². The second-order valence-corrected chi connectivity index (χ2v) is 29.7. The minimum absolute atomic E-state index is 0.334. The van der Waals surface area contributed by atoms with E-state index in [0.717, 1.165) is 0 Å². The van der Waals surface area contributed by atoms with Crippen molar-refractivity contribution in [3.8, 4) is 0 Å². The van der Waals surface area contributed by atoms with Crippen molar-refractivity contribution in [1.29, 1.82) is 0 Å². The molecule has 14 heteroatoms. The zero-order valence-electron chi connectivity index (χ0n) is 63.2. The van der Waals surface area contributed by atoms with Crippen LogP contribution in [0.3, 0.4) is 0 Å². The lowest BCUT2D eigenvalue weighted by atomic mass is 9.51. The molecule has 0 radical (unpaired) electrons. The fraction of sp³-hybridized carbons (Fsp3) is 0. The predicted octanol–water partition coefficient (Wildman–Crippen LogP) is 11.6. The maximum Gasteiger partial charge on any atom is 0.320 e. The quantitative estimate of drug-likeness (QED) is 0.139. The summed E-state index contributed by atoms with van der Waals surface area (Å²) in [4.78, 5) is 15.8. The van der Waals surface area contributed by atoms with Crippen molar-refractivity contribution in [2.45, 2.75) is 0 Å². The molecule has 0 aliphatic carbocycles. The maximum atomic E-state index is 2.34. The fourth-order valence-corrected chi connectivity index (χ4v) is 16.8. The van der Waals surface area contributed by atoms with E-state index in [-0.39, 0.29) is 0 Å². The van der Waals surface area contributed by atoms with E-state index in [1.54, 1.807) is 0 Å². The number of benzene rings is 11. The molecule has 0 bridgehead atoms. The number of anilines is 1. The van der Waals surface area contributed by atoms with Gasteiger partial charge >= 0.3 is 47.9 Å². The van der Waals surface area contributed by atoms with Gasteiger partial charge in [-0.05, 0) is 254 Å². The molecule has 0 amide bonds. The van der Waals surface area contributed by atoms with Crippen LogP contribution in [0.4, 0.5) is 5.69 Å². The van der Waals surface area contributed by atoms with Crippen LogP contribution in [0.25, 0.3) is 111 Å². The van der Waals surface area contributed by atoms with E-state index < -0.39 is 0 Å². The van der Waals surface area contributed by atoms with Crippen LogP contribution in [0.15, 0.2) is 395 Å². The molecule has 0 N–H and O–H groups in total. The van der Waals surface area contributed by atoms with E-state index in [1.807, 2.05) is 0 Å². The van der Waals surface area contributed by atoms with Gasteiger partial charge in [0.2, 0.25) is 0 Å². The first-order valence-corrected chi connectivity index (χ1v) is 39.6. The summed E-state index contributed by atoms with van der Waals surface area (Å²) in [6.45, 7) is 2.60. The Labute approximate surface area is 668 Å². The number of hydrogen-bond donors (Lipinski definition) is 0. The van der Waals surface area contributed by atoms with Gasteiger partial charge in [0.15, 0.2) is 0 Å². The zero-order valence-corrected chi connectivity index (χ0v) is 63.2. The SMILES string of the molecule is C1=CB2C=Cc3ccccc3N2C=C1.C1=CB2C=c3c(ccc4ccccc34)=CN2C=C1.C1=CB2C=c3cc4ccccc4cc3=CN2C=C1.C1=CB2C=c3ccc4ccccc4c3=CN2C=C1.C1=CB2C=c3ccccc3=CN2C=C1.C1=CB2c3ccccc3C=CN2C=C1.C1=CN2C=c3ccccc3=CB2c2ccccc21. The minimum Gasteiger partial charge on any atom is -0.390 e. The lowest BCUT2D eigenvalue weighted by Crippen LogP contribution is -2.50. The third kappa shape index (κ3) is 14.9. The van der Waals surface area contributed by atoms with Gasteiger partial charge in [-0.1, -0.05) is 327 Å². The summed E-state index contributed by atoms with van der Waals surface area (Å²) in [5.41, 5.74) is 8.00. The van der Waals surface area contributed by atoms with Crippen LogP contribution in [0.1, 0.15) is 16.7 Å². The summed E-state index contributed by atoms with van der Waals surface area (Å²) in [6, 6.07) is 81.7. The molecule has 14 aliphatic heterocycles. The van der Waals surface area contributed by atoms with Gasteiger partial charge in [-0.2, -0.15) is 0 Å². The van der Waals surface area contributed by atoms with E-state index in [0.29, 0.717) is 47.9 Å². The van der Waals surface area contributed by atoms with Crippen molar-refractivity contribution in [2.24, 2.45) is 0 Å². The van der Waals surface area contributed by atoms with E-state index in [4.69, 9.17) is 0 Å².